The number of para-hydroxylation sites is 1. The van der Waals surface area contributed by atoms with E-state index in [1.54, 1.807) is 7.11 Å². The lowest BCUT2D eigenvalue weighted by atomic mass is 9.81. The van der Waals surface area contributed by atoms with E-state index in [2.05, 4.69) is 30.4 Å². The van der Waals surface area contributed by atoms with Crippen molar-refractivity contribution < 1.29 is 9.47 Å². The van der Waals surface area contributed by atoms with Gasteiger partial charge in [0.05, 0.1) is 19.3 Å². The minimum atomic E-state index is 0.471. The largest absolute Gasteiger partial charge is 0.496 e. The van der Waals surface area contributed by atoms with Gasteiger partial charge in [0.15, 0.2) is 0 Å². The fourth-order valence-electron chi connectivity index (χ4n) is 3.91. The second kappa shape index (κ2) is 6.80. The van der Waals surface area contributed by atoms with Gasteiger partial charge in [-0.3, -0.25) is 0 Å². The predicted octanol–water partition coefficient (Wildman–Crippen LogP) is 3.17. The van der Waals surface area contributed by atoms with E-state index >= 15 is 0 Å². The highest BCUT2D eigenvalue weighted by molar-refractivity contribution is 5.34. The van der Waals surface area contributed by atoms with Gasteiger partial charge in [0.2, 0.25) is 0 Å². The molecule has 2 aliphatic heterocycles. The summed E-state index contributed by atoms with van der Waals surface area (Å²) in [6.07, 6.45) is 6.91. The monoisotopic (exact) mass is 289 g/mol. The van der Waals surface area contributed by atoms with Crippen molar-refractivity contribution in [1.82, 2.24) is 5.32 Å². The fraction of sp³-hybridized carbons (Fsp3) is 0.667. The summed E-state index contributed by atoms with van der Waals surface area (Å²) in [4.78, 5) is 0. The van der Waals surface area contributed by atoms with Crippen molar-refractivity contribution in [3.05, 3.63) is 29.8 Å². The SMILES string of the molecule is CCCNC(Cc1ccccc1OC)C1CC2CCC1O2. The Morgan fingerprint density at radius 2 is 2.19 bits per heavy atom. The van der Waals surface area contributed by atoms with Crippen LogP contribution >= 0.6 is 0 Å². The molecule has 0 radical (unpaired) electrons. The van der Waals surface area contributed by atoms with Crippen LogP contribution in [0.15, 0.2) is 24.3 Å². The molecule has 2 aliphatic rings. The van der Waals surface area contributed by atoms with Crippen LogP contribution in [0, 0.1) is 5.92 Å². The number of methoxy groups -OCH3 is 1. The molecule has 116 valence electrons. The summed E-state index contributed by atoms with van der Waals surface area (Å²) in [6, 6.07) is 8.89. The van der Waals surface area contributed by atoms with Crippen molar-refractivity contribution in [3.8, 4) is 5.75 Å². The minimum Gasteiger partial charge on any atom is -0.496 e. The molecular weight excluding hydrogens is 262 g/mol. The zero-order valence-electron chi connectivity index (χ0n) is 13.2. The highest BCUT2D eigenvalue weighted by atomic mass is 16.5. The number of fused-ring (bicyclic) bond motifs is 2. The Morgan fingerprint density at radius 3 is 2.86 bits per heavy atom. The first-order valence-corrected chi connectivity index (χ1v) is 8.32. The van der Waals surface area contributed by atoms with Crippen molar-refractivity contribution in [2.45, 2.75) is 57.3 Å². The fourth-order valence-corrected chi connectivity index (χ4v) is 3.91. The predicted molar refractivity (Wildman–Crippen MR) is 84.8 cm³/mol. The average molecular weight is 289 g/mol. The molecule has 0 aliphatic carbocycles. The van der Waals surface area contributed by atoms with Crippen molar-refractivity contribution in [2.75, 3.05) is 13.7 Å². The molecule has 2 bridgehead atoms. The Hall–Kier alpha value is -1.06. The van der Waals surface area contributed by atoms with Gasteiger partial charge in [-0.15, -0.1) is 0 Å². The molecule has 0 amide bonds. The number of benzene rings is 1. The zero-order chi connectivity index (χ0) is 14.7. The van der Waals surface area contributed by atoms with E-state index in [4.69, 9.17) is 9.47 Å². The highest BCUT2D eigenvalue weighted by Gasteiger charge is 2.44. The second-order valence-electron chi connectivity index (χ2n) is 6.35. The van der Waals surface area contributed by atoms with Crippen LogP contribution in [0.5, 0.6) is 5.75 Å². The summed E-state index contributed by atoms with van der Waals surface area (Å²) < 4.78 is 11.6. The van der Waals surface area contributed by atoms with Gasteiger partial charge >= 0.3 is 0 Å². The van der Waals surface area contributed by atoms with Crippen molar-refractivity contribution in [2.24, 2.45) is 5.92 Å². The van der Waals surface area contributed by atoms with Crippen LogP contribution in [0.3, 0.4) is 0 Å². The molecule has 3 rings (SSSR count). The molecule has 3 heteroatoms. The first-order chi connectivity index (χ1) is 10.3. The topological polar surface area (TPSA) is 30.5 Å². The summed E-state index contributed by atoms with van der Waals surface area (Å²) in [6.45, 7) is 3.30. The van der Waals surface area contributed by atoms with E-state index in [0.29, 0.717) is 24.2 Å². The third-order valence-electron chi connectivity index (χ3n) is 4.96. The van der Waals surface area contributed by atoms with E-state index in [9.17, 15) is 0 Å². The van der Waals surface area contributed by atoms with Crippen LogP contribution in [-0.2, 0) is 11.2 Å². The van der Waals surface area contributed by atoms with Crippen molar-refractivity contribution in [3.63, 3.8) is 0 Å². The zero-order valence-corrected chi connectivity index (χ0v) is 13.2. The molecule has 0 saturated carbocycles. The molecule has 2 saturated heterocycles. The summed E-state index contributed by atoms with van der Waals surface area (Å²) in [5, 5.41) is 3.76. The summed E-state index contributed by atoms with van der Waals surface area (Å²) in [7, 11) is 1.76. The number of hydrogen-bond donors (Lipinski definition) is 1. The second-order valence-corrected chi connectivity index (χ2v) is 6.35. The number of hydrogen-bond acceptors (Lipinski definition) is 3. The van der Waals surface area contributed by atoms with Crippen molar-refractivity contribution >= 4 is 0 Å². The molecule has 1 N–H and O–H groups in total. The van der Waals surface area contributed by atoms with Gasteiger partial charge in [-0.25, -0.2) is 0 Å². The summed E-state index contributed by atoms with van der Waals surface area (Å²) >= 11 is 0. The maximum absolute atomic E-state index is 6.07. The van der Waals surface area contributed by atoms with E-state index in [1.807, 2.05) is 6.07 Å². The molecule has 4 atom stereocenters. The Balaban J connectivity index is 1.73. The van der Waals surface area contributed by atoms with Gasteiger partial charge in [0, 0.05) is 12.0 Å². The molecule has 1 aromatic rings. The van der Waals surface area contributed by atoms with E-state index in [-0.39, 0.29) is 0 Å². The molecule has 4 unspecified atom stereocenters. The minimum absolute atomic E-state index is 0.471. The molecule has 2 fully saturated rings. The Morgan fingerprint density at radius 1 is 1.33 bits per heavy atom. The molecule has 0 spiro atoms. The third kappa shape index (κ3) is 3.24. The van der Waals surface area contributed by atoms with E-state index in [1.165, 1.54) is 31.2 Å². The Labute approximate surface area is 128 Å². The van der Waals surface area contributed by atoms with Gasteiger partial charge in [-0.05, 0) is 50.3 Å². The molecular formula is C18H27NO2. The quantitative estimate of drug-likeness (QED) is 0.836. The van der Waals surface area contributed by atoms with Crippen LogP contribution < -0.4 is 10.1 Å². The number of nitrogens with one attached hydrogen (secondary N) is 1. The Kier molecular flexibility index (Phi) is 4.81. The molecule has 3 nitrogen and oxygen atoms in total. The van der Waals surface area contributed by atoms with Crippen LogP contribution in [-0.4, -0.2) is 31.9 Å². The van der Waals surface area contributed by atoms with Gasteiger partial charge in [-0.1, -0.05) is 25.1 Å². The van der Waals surface area contributed by atoms with Crippen LogP contribution in [0.2, 0.25) is 0 Å². The van der Waals surface area contributed by atoms with Gasteiger partial charge < -0.3 is 14.8 Å². The Bertz CT molecular complexity index is 462. The summed E-state index contributed by atoms with van der Waals surface area (Å²) in [5.41, 5.74) is 1.30. The van der Waals surface area contributed by atoms with Gasteiger partial charge in [0.25, 0.3) is 0 Å². The van der Waals surface area contributed by atoms with Gasteiger partial charge in [0.1, 0.15) is 5.75 Å². The lowest BCUT2D eigenvalue weighted by Crippen LogP contribution is -2.42. The lowest BCUT2D eigenvalue weighted by Gasteiger charge is -2.30. The third-order valence-corrected chi connectivity index (χ3v) is 4.96. The molecule has 1 aromatic carbocycles. The maximum Gasteiger partial charge on any atom is 0.122 e. The first kappa shape index (κ1) is 14.9. The van der Waals surface area contributed by atoms with Crippen LogP contribution in [0.25, 0.3) is 0 Å². The van der Waals surface area contributed by atoms with E-state index < -0.39 is 0 Å². The van der Waals surface area contributed by atoms with Crippen LogP contribution in [0.1, 0.15) is 38.2 Å². The molecule has 0 aromatic heterocycles. The number of rotatable bonds is 7. The standard InChI is InChI=1S/C18H27NO2/c1-3-10-19-16(15-12-14-8-9-18(15)21-14)11-13-6-4-5-7-17(13)20-2/h4-7,14-16,18-19H,3,8-12H2,1-2H3. The number of ether oxygens (including phenoxy) is 2. The molecule has 2 heterocycles. The smallest absolute Gasteiger partial charge is 0.122 e. The van der Waals surface area contributed by atoms with Crippen LogP contribution in [0.4, 0.5) is 0 Å². The first-order valence-electron chi connectivity index (χ1n) is 8.32. The lowest BCUT2D eigenvalue weighted by molar-refractivity contribution is 0.0856. The average Bonchev–Trinajstić information content (AvgIpc) is 3.14. The summed E-state index contributed by atoms with van der Waals surface area (Å²) in [5.74, 6) is 1.66. The molecule has 21 heavy (non-hydrogen) atoms. The highest BCUT2D eigenvalue weighted by Crippen LogP contribution is 2.41. The van der Waals surface area contributed by atoms with E-state index in [0.717, 1.165) is 18.7 Å². The van der Waals surface area contributed by atoms with Crippen molar-refractivity contribution in [1.29, 1.82) is 0 Å². The maximum atomic E-state index is 6.07. The normalized spacial score (nSPS) is 28.8. The van der Waals surface area contributed by atoms with Gasteiger partial charge in [-0.2, -0.15) is 0 Å².